The molecule has 13 heteroatoms. The summed E-state index contributed by atoms with van der Waals surface area (Å²) < 4.78 is 16.2. The van der Waals surface area contributed by atoms with E-state index in [2.05, 4.69) is 20.6 Å². The van der Waals surface area contributed by atoms with Crippen molar-refractivity contribution >= 4 is 29.7 Å². The van der Waals surface area contributed by atoms with E-state index in [-0.39, 0.29) is 50.2 Å². The third-order valence-electron chi connectivity index (χ3n) is 7.30. The molecule has 4 rings (SSSR count). The summed E-state index contributed by atoms with van der Waals surface area (Å²) in [6, 6.07) is 9.82. The van der Waals surface area contributed by atoms with Crippen molar-refractivity contribution in [3.63, 3.8) is 0 Å². The summed E-state index contributed by atoms with van der Waals surface area (Å²) in [4.78, 5) is 64.4. The quantitative estimate of drug-likeness (QED) is 0.357. The van der Waals surface area contributed by atoms with Crippen molar-refractivity contribution in [3.05, 3.63) is 42.1 Å². The molecule has 3 amide bonds. The molecule has 0 saturated carbocycles. The van der Waals surface area contributed by atoms with Gasteiger partial charge in [-0.15, -0.1) is 0 Å². The standard InChI is InChI=1S/C32H44N6O7/c1-5-43-31(42)38-17-15-37(16-18-38)30(41)24(13-14-27(39)45-32(2,3)4)35-29(40)25-20-26(33-21-23-12-9-19-44-23)36-28(34-25)22-10-7-6-8-11-22/h6-8,10-11,20,23-24H,5,9,12-19,21H2,1-4H3,(H,35,40)(H,33,34,36)/t23-,24?/m0/s1. The van der Waals surface area contributed by atoms with Crippen LogP contribution in [0.1, 0.15) is 63.9 Å². The Morgan fingerprint density at radius 1 is 1.04 bits per heavy atom. The van der Waals surface area contributed by atoms with Crippen molar-refractivity contribution in [2.24, 2.45) is 0 Å². The average molecular weight is 625 g/mol. The van der Waals surface area contributed by atoms with Gasteiger partial charge in [-0.05, 0) is 47.0 Å². The number of nitrogens with zero attached hydrogens (tertiary/aromatic N) is 4. The van der Waals surface area contributed by atoms with Crippen molar-refractivity contribution in [1.29, 1.82) is 0 Å². The molecule has 0 aliphatic carbocycles. The first kappa shape index (κ1) is 33.6. The van der Waals surface area contributed by atoms with Gasteiger partial charge in [0, 0.05) is 57.4 Å². The molecule has 3 heterocycles. The fourth-order valence-corrected chi connectivity index (χ4v) is 5.08. The number of aromatic nitrogens is 2. The number of carbonyl (C=O) groups excluding carboxylic acids is 4. The zero-order valence-corrected chi connectivity index (χ0v) is 26.5. The number of piperazine rings is 1. The van der Waals surface area contributed by atoms with E-state index < -0.39 is 29.6 Å². The van der Waals surface area contributed by atoms with E-state index in [1.165, 1.54) is 0 Å². The highest BCUT2D eigenvalue weighted by molar-refractivity contribution is 5.97. The predicted octanol–water partition coefficient (Wildman–Crippen LogP) is 3.26. The van der Waals surface area contributed by atoms with Crippen LogP contribution in [-0.2, 0) is 23.8 Å². The molecule has 2 saturated heterocycles. The van der Waals surface area contributed by atoms with Crippen LogP contribution in [0.5, 0.6) is 0 Å². The zero-order chi connectivity index (χ0) is 32.4. The van der Waals surface area contributed by atoms with Crippen LogP contribution < -0.4 is 10.6 Å². The maximum Gasteiger partial charge on any atom is 0.409 e. The van der Waals surface area contributed by atoms with Gasteiger partial charge in [0.15, 0.2) is 5.82 Å². The zero-order valence-electron chi connectivity index (χ0n) is 26.5. The highest BCUT2D eigenvalue weighted by Crippen LogP contribution is 2.20. The summed E-state index contributed by atoms with van der Waals surface area (Å²) >= 11 is 0. The second-order valence-electron chi connectivity index (χ2n) is 12.0. The highest BCUT2D eigenvalue weighted by atomic mass is 16.6. The van der Waals surface area contributed by atoms with E-state index in [9.17, 15) is 19.2 Å². The number of rotatable bonds is 11. The van der Waals surface area contributed by atoms with E-state index in [0.717, 1.165) is 25.0 Å². The normalized spacial score (nSPS) is 17.4. The summed E-state index contributed by atoms with van der Waals surface area (Å²) in [5, 5.41) is 6.09. The van der Waals surface area contributed by atoms with Crippen molar-refractivity contribution in [1.82, 2.24) is 25.1 Å². The van der Waals surface area contributed by atoms with Crippen LogP contribution >= 0.6 is 0 Å². The fraction of sp³-hybridized carbons (Fsp3) is 0.562. The first-order valence-electron chi connectivity index (χ1n) is 15.6. The Kier molecular flexibility index (Phi) is 11.7. The Labute approximate surface area is 264 Å². The second-order valence-corrected chi connectivity index (χ2v) is 12.0. The first-order chi connectivity index (χ1) is 21.5. The molecule has 2 aliphatic heterocycles. The average Bonchev–Trinajstić information content (AvgIpc) is 3.55. The van der Waals surface area contributed by atoms with E-state index in [4.69, 9.17) is 14.2 Å². The highest BCUT2D eigenvalue weighted by Gasteiger charge is 2.32. The monoisotopic (exact) mass is 624 g/mol. The first-order valence-corrected chi connectivity index (χ1v) is 15.6. The SMILES string of the molecule is CCOC(=O)N1CCN(C(=O)C(CCC(=O)OC(C)(C)C)NC(=O)c2cc(NC[C@@H]3CCCO3)nc(-c3ccccc3)n2)CC1. The molecule has 1 aromatic carbocycles. The summed E-state index contributed by atoms with van der Waals surface area (Å²) in [7, 11) is 0. The van der Waals surface area contributed by atoms with Gasteiger partial charge in [0.1, 0.15) is 23.2 Å². The molecule has 1 unspecified atom stereocenters. The molecular formula is C32H44N6O7. The van der Waals surface area contributed by atoms with Crippen molar-refractivity contribution < 1.29 is 33.4 Å². The van der Waals surface area contributed by atoms with Gasteiger partial charge in [-0.25, -0.2) is 14.8 Å². The van der Waals surface area contributed by atoms with Gasteiger partial charge in [0.2, 0.25) is 5.91 Å². The maximum absolute atomic E-state index is 13.7. The number of carbonyl (C=O) groups is 4. The minimum absolute atomic E-state index is 0.0261. The second kappa shape index (κ2) is 15.6. The summed E-state index contributed by atoms with van der Waals surface area (Å²) in [6.45, 7) is 9.66. The van der Waals surface area contributed by atoms with Gasteiger partial charge < -0.3 is 34.6 Å². The number of hydrogen-bond donors (Lipinski definition) is 2. The Bertz CT molecular complexity index is 1320. The molecule has 2 aliphatic rings. The lowest BCUT2D eigenvalue weighted by Crippen LogP contribution is -2.56. The van der Waals surface area contributed by atoms with Gasteiger partial charge in [-0.3, -0.25) is 14.4 Å². The summed E-state index contributed by atoms with van der Waals surface area (Å²) in [5.41, 5.74) is 0.107. The third kappa shape index (κ3) is 10.1. The minimum atomic E-state index is -1.03. The number of esters is 1. The van der Waals surface area contributed by atoms with Gasteiger partial charge in [0.05, 0.1) is 12.7 Å². The Hall–Kier alpha value is -4.26. The molecule has 2 fully saturated rings. The number of ether oxygens (including phenoxy) is 3. The lowest BCUT2D eigenvalue weighted by atomic mass is 10.1. The van der Waals surface area contributed by atoms with Gasteiger partial charge >= 0.3 is 12.1 Å². The van der Waals surface area contributed by atoms with Crippen LogP contribution in [-0.4, -0.2) is 107 Å². The molecule has 244 valence electrons. The molecule has 2 atom stereocenters. The Morgan fingerprint density at radius 2 is 1.76 bits per heavy atom. The molecule has 13 nitrogen and oxygen atoms in total. The lowest BCUT2D eigenvalue weighted by molar-refractivity contribution is -0.155. The number of nitrogens with one attached hydrogen (secondary N) is 2. The maximum atomic E-state index is 13.7. The van der Waals surface area contributed by atoms with Gasteiger partial charge in [-0.2, -0.15) is 0 Å². The predicted molar refractivity (Wildman–Crippen MR) is 166 cm³/mol. The number of benzene rings is 1. The van der Waals surface area contributed by atoms with E-state index >= 15 is 0 Å². The molecule has 45 heavy (non-hydrogen) atoms. The topological polar surface area (TPSA) is 152 Å². The molecule has 0 bridgehead atoms. The number of anilines is 1. The molecule has 0 spiro atoms. The molecular weight excluding hydrogens is 580 g/mol. The number of amides is 3. The molecule has 1 aromatic heterocycles. The molecule has 2 aromatic rings. The van der Waals surface area contributed by atoms with Crippen LogP contribution in [0.2, 0.25) is 0 Å². The Balaban J connectivity index is 1.53. The number of hydrogen-bond acceptors (Lipinski definition) is 10. The van der Waals surface area contributed by atoms with Gasteiger partial charge in [-0.1, -0.05) is 30.3 Å². The van der Waals surface area contributed by atoms with E-state index in [1.807, 2.05) is 30.3 Å². The van der Waals surface area contributed by atoms with Crippen molar-refractivity contribution in [3.8, 4) is 11.4 Å². The smallest absolute Gasteiger partial charge is 0.409 e. The van der Waals surface area contributed by atoms with Crippen LogP contribution in [0, 0.1) is 0 Å². The van der Waals surface area contributed by atoms with Crippen LogP contribution in [0.15, 0.2) is 36.4 Å². The minimum Gasteiger partial charge on any atom is -0.460 e. The van der Waals surface area contributed by atoms with Crippen molar-refractivity contribution in [2.75, 3.05) is 51.3 Å². The van der Waals surface area contributed by atoms with Crippen LogP contribution in [0.25, 0.3) is 11.4 Å². The third-order valence-corrected chi connectivity index (χ3v) is 7.30. The van der Waals surface area contributed by atoms with Crippen molar-refractivity contribution in [2.45, 2.75) is 71.1 Å². The molecule has 0 radical (unpaired) electrons. The fourth-order valence-electron chi connectivity index (χ4n) is 5.08. The van der Waals surface area contributed by atoms with Crippen LogP contribution in [0.4, 0.5) is 10.6 Å². The van der Waals surface area contributed by atoms with Crippen LogP contribution in [0.3, 0.4) is 0 Å². The van der Waals surface area contributed by atoms with E-state index in [0.29, 0.717) is 31.3 Å². The molecule has 2 N–H and O–H groups in total. The summed E-state index contributed by atoms with van der Waals surface area (Å²) in [6.07, 6.45) is 1.50. The summed E-state index contributed by atoms with van der Waals surface area (Å²) in [5.74, 6) is -0.608. The van der Waals surface area contributed by atoms with Gasteiger partial charge in [0.25, 0.3) is 5.91 Å². The Morgan fingerprint density at radius 3 is 2.40 bits per heavy atom. The largest absolute Gasteiger partial charge is 0.460 e. The van der Waals surface area contributed by atoms with E-state index in [1.54, 1.807) is 43.6 Å². The lowest BCUT2D eigenvalue weighted by Gasteiger charge is -2.36.